The van der Waals surface area contributed by atoms with Crippen LogP contribution < -0.4 is 5.32 Å². The Morgan fingerprint density at radius 1 is 0.443 bits per heavy atom. The molecule has 1 amide bonds. The van der Waals surface area contributed by atoms with Gasteiger partial charge in [-0.15, -0.1) is 0 Å². The van der Waals surface area contributed by atoms with E-state index in [1.807, 2.05) is 12.2 Å². The lowest BCUT2D eigenvalue weighted by atomic mass is 10.0. The number of ether oxygens (including phenoxy) is 1. The van der Waals surface area contributed by atoms with E-state index in [0.717, 1.165) is 96.3 Å². The van der Waals surface area contributed by atoms with Crippen molar-refractivity contribution in [3.63, 3.8) is 0 Å². The second-order valence-corrected chi connectivity index (χ2v) is 19.7. The van der Waals surface area contributed by atoms with Gasteiger partial charge in [0, 0.05) is 12.8 Å². The average Bonchev–Trinajstić information content (AvgIpc) is 3.35. The highest BCUT2D eigenvalue weighted by Crippen LogP contribution is 2.17. The summed E-state index contributed by atoms with van der Waals surface area (Å²) in [6.07, 6.45) is 76.3. The SMILES string of the molecule is CC/C=C\C/C=C\C/C=C\C/C=C\C/C=C\CC(CC(=O)NC(CO)C(O)CCCCCCCCCCCCCCCCCCC)OC(=O)CCCCCCCC/C=C\C/C=C\C/C=C\CCCCC. The van der Waals surface area contributed by atoms with Crippen LogP contribution in [0.1, 0.15) is 271 Å². The fourth-order valence-electron chi connectivity index (χ4n) is 8.46. The highest BCUT2D eigenvalue weighted by Gasteiger charge is 2.23. The van der Waals surface area contributed by atoms with Crippen LogP contribution in [0.25, 0.3) is 0 Å². The molecule has 3 unspecified atom stereocenters. The Kier molecular flexibility index (Phi) is 54.1. The van der Waals surface area contributed by atoms with Crippen molar-refractivity contribution >= 4 is 11.9 Å². The molecule has 0 aliphatic carbocycles. The number of hydrogen-bond donors (Lipinski definition) is 3. The van der Waals surface area contributed by atoms with Gasteiger partial charge in [-0.1, -0.05) is 266 Å². The summed E-state index contributed by atoms with van der Waals surface area (Å²) in [6.45, 7) is 6.33. The molecular formula is C64H111NO5. The number of allylic oxidation sites excluding steroid dienone is 15. The van der Waals surface area contributed by atoms with E-state index >= 15 is 0 Å². The van der Waals surface area contributed by atoms with Crippen LogP contribution in [0, 0.1) is 0 Å². The zero-order valence-corrected chi connectivity index (χ0v) is 45.9. The molecule has 6 heteroatoms. The van der Waals surface area contributed by atoms with Gasteiger partial charge in [-0.25, -0.2) is 0 Å². The smallest absolute Gasteiger partial charge is 0.306 e. The number of nitrogens with one attached hydrogen (secondary N) is 1. The van der Waals surface area contributed by atoms with E-state index in [9.17, 15) is 19.8 Å². The summed E-state index contributed by atoms with van der Waals surface area (Å²) < 4.78 is 5.89. The van der Waals surface area contributed by atoms with E-state index < -0.39 is 18.2 Å². The summed E-state index contributed by atoms with van der Waals surface area (Å²) in [6, 6.07) is -0.741. The lowest BCUT2D eigenvalue weighted by Gasteiger charge is -2.24. The predicted octanol–water partition coefficient (Wildman–Crippen LogP) is 18.5. The Bertz CT molecular complexity index is 1370. The van der Waals surface area contributed by atoms with Crippen molar-refractivity contribution in [3.8, 4) is 0 Å². The second kappa shape index (κ2) is 56.7. The van der Waals surface area contributed by atoms with Crippen LogP contribution in [0.4, 0.5) is 0 Å². The number of carbonyl (C=O) groups is 2. The Balaban J connectivity index is 4.67. The van der Waals surface area contributed by atoms with Crippen molar-refractivity contribution in [2.24, 2.45) is 0 Å². The molecule has 3 N–H and O–H groups in total. The summed E-state index contributed by atoms with van der Waals surface area (Å²) >= 11 is 0. The number of amides is 1. The molecule has 0 radical (unpaired) electrons. The van der Waals surface area contributed by atoms with Crippen LogP contribution in [-0.2, 0) is 14.3 Å². The van der Waals surface area contributed by atoms with Crippen molar-refractivity contribution in [2.45, 2.75) is 289 Å². The molecule has 402 valence electrons. The van der Waals surface area contributed by atoms with Gasteiger partial charge in [0.25, 0.3) is 0 Å². The largest absolute Gasteiger partial charge is 0.461 e. The lowest BCUT2D eigenvalue weighted by Crippen LogP contribution is -2.46. The molecule has 0 spiro atoms. The van der Waals surface area contributed by atoms with E-state index in [2.05, 4.69) is 111 Å². The van der Waals surface area contributed by atoms with Gasteiger partial charge in [0.05, 0.1) is 25.2 Å². The minimum absolute atomic E-state index is 0.0103. The van der Waals surface area contributed by atoms with Crippen LogP contribution >= 0.6 is 0 Å². The summed E-state index contributed by atoms with van der Waals surface area (Å²) in [7, 11) is 0. The van der Waals surface area contributed by atoms with Crippen molar-refractivity contribution in [1.29, 1.82) is 0 Å². The Morgan fingerprint density at radius 2 is 0.800 bits per heavy atom. The third kappa shape index (κ3) is 51.1. The van der Waals surface area contributed by atoms with E-state index in [-0.39, 0.29) is 24.9 Å². The standard InChI is InChI=1S/C64H111NO5/c1-4-7-10-13-16-19-22-25-28-30-31-33-36-39-42-45-48-51-54-57-64(69)70-60(55-52-49-46-43-40-37-34-27-24-21-18-15-12-9-6-3)58-63(68)65-61(59-66)62(67)56-53-50-47-44-41-38-35-32-29-26-23-20-17-14-11-8-5-2/h9,12,16,18-19,21,25,27-28,31,33-34,40,43,49,52,60-62,66-67H,4-8,10-11,13-15,17,20,22-24,26,29-30,32,35-39,41-42,44-48,50-51,53-59H2,1-3H3,(H,65,68)/b12-9-,19-16-,21-18-,28-25-,33-31-,34-27-,43-40-,52-49-. The molecule has 3 atom stereocenters. The van der Waals surface area contributed by atoms with Gasteiger partial charge >= 0.3 is 5.97 Å². The van der Waals surface area contributed by atoms with Crippen molar-refractivity contribution in [2.75, 3.05) is 6.61 Å². The highest BCUT2D eigenvalue weighted by atomic mass is 16.5. The first kappa shape index (κ1) is 66.8. The van der Waals surface area contributed by atoms with Gasteiger partial charge in [0.15, 0.2) is 0 Å². The lowest BCUT2D eigenvalue weighted by molar-refractivity contribution is -0.150. The van der Waals surface area contributed by atoms with Crippen molar-refractivity contribution in [1.82, 2.24) is 5.32 Å². The van der Waals surface area contributed by atoms with Crippen LogP contribution in [0.2, 0.25) is 0 Å². The third-order valence-corrected chi connectivity index (χ3v) is 12.9. The van der Waals surface area contributed by atoms with Crippen LogP contribution in [0.3, 0.4) is 0 Å². The summed E-state index contributed by atoms with van der Waals surface area (Å²) in [5.74, 6) is -0.595. The molecule has 0 heterocycles. The number of aliphatic hydroxyl groups is 2. The normalized spacial score (nSPS) is 13.8. The number of hydrogen-bond acceptors (Lipinski definition) is 5. The average molecular weight is 975 g/mol. The van der Waals surface area contributed by atoms with E-state index in [1.165, 1.54) is 128 Å². The fourth-order valence-corrected chi connectivity index (χ4v) is 8.46. The van der Waals surface area contributed by atoms with Crippen molar-refractivity contribution < 1.29 is 24.5 Å². The first-order chi connectivity index (χ1) is 34.5. The monoisotopic (exact) mass is 974 g/mol. The molecule has 0 aromatic rings. The highest BCUT2D eigenvalue weighted by molar-refractivity contribution is 5.77. The maximum Gasteiger partial charge on any atom is 0.306 e. The zero-order chi connectivity index (χ0) is 50.9. The molecule has 70 heavy (non-hydrogen) atoms. The quantitative estimate of drug-likeness (QED) is 0.0321. The number of aliphatic hydroxyl groups excluding tert-OH is 2. The molecule has 0 aromatic heterocycles. The Hall–Kier alpha value is -3.22. The Morgan fingerprint density at radius 3 is 1.24 bits per heavy atom. The van der Waals surface area contributed by atoms with Gasteiger partial charge in [0.1, 0.15) is 6.10 Å². The van der Waals surface area contributed by atoms with E-state index in [0.29, 0.717) is 19.3 Å². The first-order valence-corrected chi connectivity index (χ1v) is 29.5. The molecule has 0 saturated carbocycles. The molecule has 0 bridgehead atoms. The topological polar surface area (TPSA) is 95.9 Å². The van der Waals surface area contributed by atoms with Gasteiger partial charge < -0.3 is 20.3 Å². The van der Waals surface area contributed by atoms with E-state index in [4.69, 9.17) is 4.74 Å². The number of carbonyl (C=O) groups excluding carboxylic acids is 2. The number of unbranched alkanes of at least 4 members (excludes halogenated alkanes) is 25. The maximum absolute atomic E-state index is 13.3. The number of esters is 1. The van der Waals surface area contributed by atoms with Gasteiger partial charge in [0.2, 0.25) is 5.91 Å². The van der Waals surface area contributed by atoms with E-state index in [1.54, 1.807) is 0 Å². The molecule has 0 aliphatic heterocycles. The summed E-state index contributed by atoms with van der Waals surface area (Å²) in [5.41, 5.74) is 0. The van der Waals surface area contributed by atoms with Gasteiger partial charge in [-0.2, -0.15) is 0 Å². The molecule has 0 aliphatic rings. The fraction of sp³-hybridized carbons (Fsp3) is 0.719. The van der Waals surface area contributed by atoms with Gasteiger partial charge in [-0.05, 0) is 83.5 Å². The second-order valence-electron chi connectivity index (χ2n) is 19.7. The predicted molar refractivity (Wildman–Crippen MR) is 305 cm³/mol. The summed E-state index contributed by atoms with van der Waals surface area (Å²) in [4.78, 5) is 26.3. The summed E-state index contributed by atoms with van der Waals surface area (Å²) in [5, 5.41) is 23.9. The third-order valence-electron chi connectivity index (χ3n) is 12.9. The molecule has 0 fully saturated rings. The van der Waals surface area contributed by atoms with Crippen molar-refractivity contribution in [3.05, 3.63) is 97.2 Å². The Labute approximate surface area is 433 Å². The molecule has 0 saturated heterocycles. The first-order valence-electron chi connectivity index (χ1n) is 29.5. The molecular weight excluding hydrogens is 863 g/mol. The zero-order valence-electron chi connectivity index (χ0n) is 45.9. The minimum atomic E-state index is -0.821. The number of rotatable bonds is 52. The minimum Gasteiger partial charge on any atom is -0.461 e. The molecule has 0 rings (SSSR count). The van der Waals surface area contributed by atoms with Gasteiger partial charge in [-0.3, -0.25) is 9.59 Å². The van der Waals surface area contributed by atoms with Crippen LogP contribution in [0.15, 0.2) is 97.2 Å². The van der Waals surface area contributed by atoms with Crippen LogP contribution in [0.5, 0.6) is 0 Å². The maximum atomic E-state index is 13.3. The molecule has 6 nitrogen and oxygen atoms in total. The molecule has 0 aromatic carbocycles. The van der Waals surface area contributed by atoms with Crippen LogP contribution in [-0.4, -0.2) is 46.9 Å².